The molecule has 4 N–H and O–H groups in total. The van der Waals surface area contributed by atoms with Crippen molar-refractivity contribution >= 4 is 26.8 Å². The lowest BCUT2D eigenvalue weighted by molar-refractivity contribution is 0.0957. The van der Waals surface area contributed by atoms with Crippen LogP contribution in [-0.2, 0) is 10.0 Å². The van der Waals surface area contributed by atoms with Gasteiger partial charge in [0.15, 0.2) is 0 Å². The van der Waals surface area contributed by atoms with Crippen LogP contribution in [0.4, 0.5) is 0 Å². The predicted molar refractivity (Wildman–Crippen MR) is 68.6 cm³/mol. The molecule has 1 aromatic heterocycles. The second-order valence-electron chi connectivity index (χ2n) is 3.87. The van der Waals surface area contributed by atoms with Crippen molar-refractivity contribution in [2.24, 2.45) is 5.14 Å². The Morgan fingerprint density at radius 1 is 1.33 bits per heavy atom. The molecule has 2 aromatic rings. The van der Waals surface area contributed by atoms with Gasteiger partial charge in [-0.2, -0.15) is 0 Å². The van der Waals surface area contributed by atoms with Crippen molar-refractivity contribution < 1.29 is 13.2 Å². The number of sulfonamides is 1. The number of H-pyrrole nitrogens is 1. The molecule has 0 saturated carbocycles. The monoisotopic (exact) mass is 267 g/mol. The SMILES string of the molecule is NS(=O)(=O)CCNC(=O)c1cccc2cc[nH]c12. The molecule has 0 aliphatic rings. The van der Waals surface area contributed by atoms with E-state index in [9.17, 15) is 13.2 Å². The molecule has 6 nitrogen and oxygen atoms in total. The number of para-hydroxylation sites is 1. The number of primary sulfonamides is 1. The van der Waals surface area contributed by atoms with Crippen molar-refractivity contribution in [2.75, 3.05) is 12.3 Å². The fraction of sp³-hybridized carbons (Fsp3) is 0.182. The van der Waals surface area contributed by atoms with E-state index in [1.54, 1.807) is 18.3 Å². The molecule has 0 aliphatic heterocycles. The molecule has 1 amide bonds. The van der Waals surface area contributed by atoms with Crippen LogP contribution < -0.4 is 10.5 Å². The van der Waals surface area contributed by atoms with Gasteiger partial charge in [0.1, 0.15) is 0 Å². The zero-order valence-electron chi connectivity index (χ0n) is 9.51. The zero-order valence-corrected chi connectivity index (χ0v) is 10.3. The standard InChI is InChI=1S/C11H13N3O3S/c12-18(16,17)7-6-14-11(15)9-3-1-2-8-4-5-13-10(8)9/h1-5,13H,6-7H2,(H,14,15)(H2,12,16,17). The van der Waals surface area contributed by atoms with Crippen molar-refractivity contribution in [1.82, 2.24) is 10.3 Å². The van der Waals surface area contributed by atoms with Gasteiger partial charge in [0.05, 0.1) is 16.8 Å². The fourth-order valence-corrected chi connectivity index (χ4v) is 2.06. The molecule has 2 rings (SSSR count). The van der Waals surface area contributed by atoms with Crippen molar-refractivity contribution in [1.29, 1.82) is 0 Å². The molecular formula is C11H13N3O3S. The van der Waals surface area contributed by atoms with E-state index < -0.39 is 10.0 Å². The van der Waals surface area contributed by atoms with Crippen LogP contribution in [0.5, 0.6) is 0 Å². The van der Waals surface area contributed by atoms with Gasteiger partial charge in [-0.05, 0) is 12.1 Å². The van der Waals surface area contributed by atoms with Gasteiger partial charge in [0.25, 0.3) is 5.91 Å². The van der Waals surface area contributed by atoms with Crippen LogP contribution in [0, 0.1) is 0 Å². The minimum atomic E-state index is -3.56. The summed E-state index contributed by atoms with van der Waals surface area (Å²) in [4.78, 5) is 14.8. The summed E-state index contributed by atoms with van der Waals surface area (Å²) in [6.07, 6.45) is 1.74. The molecule has 0 saturated heterocycles. The molecule has 1 heterocycles. The van der Waals surface area contributed by atoms with Gasteiger partial charge in [-0.15, -0.1) is 0 Å². The van der Waals surface area contributed by atoms with Crippen molar-refractivity contribution in [3.63, 3.8) is 0 Å². The number of nitrogens with two attached hydrogens (primary N) is 1. The first-order valence-corrected chi connectivity index (χ1v) is 7.04. The number of hydrogen-bond acceptors (Lipinski definition) is 3. The zero-order chi connectivity index (χ0) is 13.2. The van der Waals surface area contributed by atoms with Crippen LogP contribution in [0.15, 0.2) is 30.5 Å². The van der Waals surface area contributed by atoms with Crippen LogP contribution >= 0.6 is 0 Å². The van der Waals surface area contributed by atoms with Crippen molar-refractivity contribution in [3.05, 3.63) is 36.0 Å². The van der Waals surface area contributed by atoms with Gasteiger partial charge >= 0.3 is 0 Å². The topological polar surface area (TPSA) is 105 Å². The molecule has 0 spiro atoms. The number of carbonyl (C=O) groups is 1. The molecule has 1 aromatic carbocycles. The third-order valence-corrected chi connectivity index (χ3v) is 3.28. The van der Waals surface area contributed by atoms with E-state index in [0.717, 1.165) is 10.9 Å². The average molecular weight is 267 g/mol. The van der Waals surface area contributed by atoms with E-state index >= 15 is 0 Å². The van der Waals surface area contributed by atoms with Crippen LogP contribution in [0.3, 0.4) is 0 Å². The highest BCUT2D eigenvalue weighted by atomic mass is 32.2. The molecular weight excluding hydrogens is 254 g/mol. The fourth-order valence-electron chi connectivity index (χ4n) is 1.68. The number of fused-ring (bicyclic) bond motifs is 1. The van der Waals surface area contributed by atoms with Gasteiger partial charge in [0, 0.05) is 18.1 Å². The Morgan fingerprint density at radius 2 is 2.11 bits per heavy atom. The molecule has 7 heteroatoms. The molecule has 18 heavy (non-hydrogen) atoms. The highest BCUT2D eigenvalue weighted by Crippen LogP contribution is 2.16. The molecule has 0 fully saturated rings. The van der Waals surface area contributed by atoms with E-state index in [4.69, 9.17) is 5.14 Å². The van der Waals surface area contributed by atoms with E-state index in [2.05, 4.69) is 10.3 Å². The Labute approximate surface area is 104 Å². The van der Waals surface area contributed by atoms with Gasteiger partial charge in [0.2, 0.25) is 10.0 Å². The molecule has 0 radical (unpaired) electrons. The number of aromatic nitrogens is 1. The Balaban J connectivity index is 2.12. The van der Waals surface area contributed by atoms with E-state index in [0.29, 0.717) is 5.56 Å². The van der Waals surface area contributed by atoms with Gasteiger partial charge in [-0.3, -0.25) is 4.79 Å². The van der Waals surface area contributed by atoms with Gasteiger partial charge in [-0.1, -0.05) is 12.1 Å². The van der Waals surface area contributed by atoms with Gasteiger partial charge in [-0.25, -0.2) is 13.6 Å². The summed E-state index contributed by atoms with van der Waals surface area (Å²) in [5, 5.41) is 8.29. The molecule has 0 aliphatic carbocycles. The molecule has 0 unspecified atom stereocenters. The normalized spacial score (nSPS) is 11.6. The molecule has 96 valence electrons. The molecule has 0 atom stereocenters. The number of carbonyl (C=O) groups excluding carboxylic acids is 1. The Kier molecular flexibility index (Phi) is 3.35. The summed E-state index contributed by atoms with van der Waals surface area (Å²) >= 11 is 0. The number of benzene rings is 1. The summed E-state index contributed by atoms with van der Waals surface area (Å²) in [6, 6.07) is 7.18. The van der Waals surface area contributed by atoms with E-state index in [-0.39, 0.29) is 18.2 Å². The predicted octanol–water partition coefficient (Wildman–Crippen LogP) is 0.186. The largest absolute Gasteiger partial charge is 0.361 e. The van der Waals surface area contributed by atoms with E-state index in [1.165, 1.54) is 0 Å². The number of aromatic amines is 1. The first-order valence-electron chi connectivity index (χ1n) is 5.32. The minimum absolute atomic E-state index is 0.00520. The summed E-state index contributed by atoms with van der Waals surface area (Å²) < 4.78 is 21.5. The lowest BCUT2D eigenvalue weighted by Gasteiger charge is -2.05. The Hall–Kier alpha value is -1.86. The quantitative estimate of drug-likeness (QED) is 0.736. The maximum Gasteiger partial charge on any atom is 0.253 e. The number of rotatable bonds is 4. The summed E-state index contributed by atoms with van der Waals surface area (Å²) in [5.41, 5.74) is 1.21. The Morgan fingerprint density at radius 3 is 2.83 bits per heavy atom. The maximum absolute atomic E-state index is 11.9. The summed E-state index contributed by atoms with van der Waals surface area (Å²) in [6.45, 7) is -0.00520. The third kappa shape index (κ3) is 2.88. The average Bonchev–Trinajstić information content (AvgIpc) is 2.74. The van der Waals surface area contributed by atoms with E-state index in [1.807, 2.05) is 12.1 Å². The maximum atomic E-state index is 11.9. The van der Waals surface area contributed by atoms with Crippen molar-refractivity contribution in [3.8, 4) is 0 Å². The number of nitrogens with one attached hydrogen (secondary N) is 2. The lowest BCUT2D eigenvalue weighted by atomic mass is 10.1. The highest BCUT2D eigenvalue weighted by molar-refractivity contribution is 7.89. The third-order valence-electron chi connectivity index (χ3n) is 2.50. The van der Waals surface area contributed by atoms with Crippen LogP contribution in [-0.4, -0.2) is 31.6 Å². The van der Waals surface area contributed by atoms with Crippen LogP contribution in [0.25, 0.3) is 10.9 Å². The van der Waals surface area contributed by atoms with Gasteiger partial charge < -0.3 is 10.3 Å². The summed E-state index contributed by atoms with van der Waals surface area (Å²) in [7, 11) is -3.56. The van der Waals surface area contributed by atoms with Crippen LogP contribution in [0.1, 0.15) is 10.4 Å². The smallest absolute Gasteiger partial charge is 0.253 e. The Bertz CT molecular complexity index is 676. The summed E-state index contributed by atoms with van der Waals surface area (Å²) in [5.74, 6) is -0.605. The minimum Gasteiger partial charge on any atom is -0.361 e. The molecule has 0 bridgehead atoms. The van der Waals surface area contributed by atoms with Crippen LogP contribution in [0.2, 0.25) is 0 Å². The second-order valence-corrected chi connectivity index (χ2v) is 5.60. The number of hydrogen-bond donors (Lipinski definition) is 3. The lowest BCUT2D eigenvalue weighted by Crippen LogP contribution is -2.31. The first-order chi connectivity index (χ1) is 8.47. The second kappa shape index (κ2) is 4.79. The van der Waals surface area contributed by atoms with Crippen molar-refractivity contribution in [2.45, 2.75) is 0 Å². The number of amides is 1. The first kappa shape index (κ1) is 12.6. The highest BCUT2D eigenvalue weighted by Gasteiger charge is 2.11.